The number of fused-ring (bicyclic) bond motifs is 3. The average Bonchev–Trinajstić information content (AvgIpc) is 3.43. The van der Waals surface area contributed by atoms with Gasteiger partial charge >= 0.3 is 0 Å². The zero-order valence-electron chi connectivity index (χ0n) is 15.4. The Morgan fingerprint density at radius 1 is 1.21 bits per heavy atom. The Bertz CT molecular complexity index is 1090. The molecule has 1 fully saturated rings. The highest BCUT2D eigenvalue weighted by Crippen LogP contribution is 2.37. The molecule has 1 saturated carbocycles. The second kappa shape index (κ2) is 7.37. The van der Waals surface area contributed by atoms with E-state index in [1.54, 1.807) is 11.3 Å². The van der Waals surface area contributed by atoms with Crippen LogP contribution in [0, 0.1) is 0 Å². The molecule has 5 rings (SSSR count). The molecule has 1 aromatic carbocycles. The lowest BCUT2D eigenvalue weighted by molar-refractivity contribution is -0.120. The van der Waals surface area contributed by atoms with Crippen LogP contribution in [0.25, 0.3) is 10.2 Å². The van der Waals surface area contributed by atoms with Gasteiger partial charge in [0.15, 0.2) is 5.16 Å². The number of nitrogens with one attached hydrogen (secondary N) is 2. The standard InChI is InChI=1S/C21H21N3O2S2/c25-18-16-14-8-4-5-9-15(14)27-20(16)24-21(23-18)28-17(12-6-2-1-3-7-12)19(26)22-13-10-11-13/h1-3,6-7,13,17H,4-5,8-11H2,(H,22,26)(H,23,24,25)/t17-/m0/s1. The van der Waals surface area contributed by atoms with Crippen molar-refractivity contribution in [3.63, 3.8) is 0 Å². The topological polar surface area (TPSA) is 74.8 Å². The maximum absolute atomic E-state index is 12.9. The van der Waals surface area contributed by atoms with E-state index in [0.717, 1.165) is 47.9 Å². The molecule has 5 nitrogen and oxygen atoms in total. The Morgan fingerprint density at radius 2 is 2.00 bits per heavy atom. The van der Waals surface area contributed by atoms with E-state index in [1.165, 1.54) is 28.6 Å². The number of rotatable bonds is 5. The number of amides is 1. The monoisotopic (exact) mass is 411 g/mol. The molecular weight excluding hydrogens is 390 g/mol. The van der Waals surface area contributed by atoms with Gasteiger partial charge in [-0.05, 0) is 49.7 Å². The zero-order chi connectivity index (χ0) is 19.1. The van der Waals surface area contributed by atoms with E-state index in [2.05, 4.69) is 10.3 Å². The van der Waals surface area contributed by atoms with E-state index in [1.807, 2.05) is 30.3 Å². The highest BCUT2D eigenvalue weighted by Gasteiger charge is 2.30. The summed E-state index contributed by atoms with van der Waals surface area (Å²) in [6, 6.07) is 9.99. The number of aromatic nitrogens is 2. The van der Waals surface area contributed by atoms with Crippen molar-refractivity contribution in [2.24, 2.45) is 0 Å². The van der Waals surface area contributed by atoms with Gasteiger partial charge in [0, 0.05) is 10.9 Å². The molecule has 144 valence electrons. The maximum atomic E-state index is 12.9. The first-order valence-electron chi connectivity index (χ1n) is 9.75. The number of carbonyl (C=O) groups is 1. The van der Waals surface area contributed by atoms with Gasteiger partial charge in [0.25, 0.3) is 5.56 Å². The molecule has 0 saturated heterocycles. The van der Waals surface area contributed by atoms with Crippen molar-refractivity contribution in [1.82, 2.24) is 15.3 Å². The number of thiophene rings is 1. The predicted molar refractivity (Wildman–Crippen MR) is 113 cm³/mol. The van der Waals surface area contributed by atoms with Crippen LogP contribution in [-0.4, -0.2) is 21.9 Å². The van der Waals surface area contributed by atoms with Gasteiger partial charge in [-0.1, -0.05) is 42.1 Å². The number of hydrogen-bond donors (Lipinski definition) is 2. The van der Waals surface area contributed by atoms with Crippen LogP contribution in [0.15, 0.2) is 40.3 Å². The molecule has 0 unspecified atom stereocenters. The van der Waals surface area contributed by atoms with Crippen molar-refractivity contribution in [3.8, 4) is 0 Å². The number of aryl methyl sites for hydroxylation is 2. The molecule has 0 radical (unpaired) electrons. The van der Waals surface area contributed by atoms with E-state index in [4.69, 9.17) is 4.98 Å². The predicted octanol–water partition coefficient (Wildman–Crippen LogP) is 3.98. The Morgan fingerprint density at radius 3 is 2.79 bits per heavy atom. The van der Waals surface area contributed by atoms with Gasteiger partial charge in [-0.15, -0.1) is 11.3 Å². The highest BCUT2D eigenvalue weighted by atomic mass is 32.2. The number of hydrogen-bond acceptors (Lipinski definition) is 5. The number of thioether (sulfide) groups is 1. The smallest absolute Gasteiger partial charge is 0.260 e. The fourth-order valence-corrected chi connectivity index (χ4v) is 6.02. The van der Waals surface area contributed by atoms with Gasteiger partial charge in [-0.25, -0.2) is 4.98 Å². The van der Waals surface area contributed by atoms with Crippen molar-refractivity contribution in [3.05, 3.63) is 56.7 Å². The summed E-state index contributed by atoms with van der Waals surface area (Å²) in [5.74, 6) is -0.0214. The summed E-state index contributed by atoms with van der Waals surface area (Å²) in [4.78, 5) is 35.4. The first kappa shape index (κ1) is 17.9. The molecule has 0 aliphatic heterocycles. The van der Waals surface area contributed by atoms with Crippen LogP contribution in [-0.2, 0) is 17.6 Å². The van der Waals surface area contributed by atoms with E-state index < -0.39 is 5.25 Å². The summed E-state index contributed by atoms with van der Waals surface area (Å²) in [7, 11) is 0. The van der Waals surface area contributed by atoms with Crippen LogP contribution < -0.4 is 10.9 Å². The highest BCUT2D eigenvalue weighted by molar-refractivity contribution is 8.00. The third-order valence-corrected chi connectivity index (χ3v) is 7.62. The van der Waals surface area contributed by atoms with Crippen molar-refractivity contribution < 1.29 is 4.79 Å². The van der Waals surface area contributed by atoms with Gasteiger partial charge in [-0.2, -0.15) is 0 Å². The SMILES string of the molecule is O=C(NC1CC1)[C@@H](Sc1nc2sc3c(c2c(=O)[nH]1)CCCC3)c1ccccc1. The Balaban J connectivity index is 1.50. The third-order valence-electron chi connectivity index (χ3n) is 5.30. The second-order valence-corrected chi connectivity index (χ2v) is 9.63. The Kier molecular flexibility index (Phi) is 4.72. The lowest BCUT2D eigenvalue weighted by Gasteiger charge is -2.16. The molecule has 3 aromatic rings. The third kappa shape index (κ3) is 3.49. The van der Waals surface area contributed by atoms with Crippen LogP contribution in [0.5, 0.6) is 0 Å². The number of carbonyl (C=O) groups excluding carboxylic acids is 1. The number of H-pyrrole nitrogens is 1. The van der Waals surface area contributed by atoms with Crippen LogP contribution in [0.2, 0.25) is 0 Å². The van der Waals surface area contributed by atoms with Crippen molar-refractivity contribution in [2.75, 3.05) is 0 Å². The molecule has 2 aliphatic carbocycles. The van der Waals surface area contributed by atoms with Crippen LogP contribution in [0.4, 0.5) is 0 Å². The molecule has 0 bridgehead atoms. The lowest BCUT2D eigenvalue weighted by atomic mass is 9.97. The average molecular weight is 412 g/mol. The van der Waals surface area contributed by atoms with Crippen LogP contribution in [0.3, 0.4) is 0 Å². The molecule has 2 aliphatic rings. The Hall–Kier alpha value is -2.12. The normalized spacial score (nSPS) is 17.3. The number of aromatic amines is 1. The Labute approximate surface area is 171 Å². The summed E-state index contributed by atoms with van der Waals surface area (Å²) in [5, 5.41) is 3.92. The zero-order valence-corrected chi connectivity index (χ0v) is 17.0. The van der Waals surface area contributed by atoms with Crippen molar-refractivity contribution in [2.45, 2.75) is 55.0 Å². The summed E-state index contributed by atoms with van der Waals surface area (Å²) >= 11 is 2.96. The number of nitrogens with zero attached hydrogens (tertiary/aromatic N) is 1. The van der Waals surface area contributed by atoms with E-state index >= 15 is 0 Å². The fourth-order valence-electron chi connectivity index (χ4n) is 3.72. The van der Waals surface area contributed by atoms with Gasteiger partial charge in [0.1, 0.15) is 10.1 Å². The molecule has 1 atom stereocenters. The van der Waals surface area contributed by atoms with Gasteiger partial charge < -0.3 is 10.3 Å². The minimum absolute atomic E-state index is 0.0214. The molecule has 2 aromatic heterocycles. The minimum Gasteiger partial charge on any atom is -0.352 e. The van der Waals surface area contributed by atoms with Gasteiger partial charge in [-0.3, -0.25) is 9.59 Å². The molecule has 1 amide bonds. The van der Waals surface area contributed by atoms with E-state index in [-0.39, 0.29) is 17.5 Å². The summed E-state index contributed by atoms with van der Waals surface area (Å²) in [5.41, 5.74) is 2.02. The first-order valence-corrected chi connectivity index (χ1v) is 11.4. The molecule has 2 heterocycles. The lowest BCUT2D eigenvalue weighted by Crippen LogP contribution is -2.30. The minimum atomic E-state index is -0.433. The van der Waals surface area contributed by atoms with Crippen molar-refractivity contribution in [1.29, 1.82) is 0 Å². The van der Waals surface area contributed by atoms with E-state index in [9.17, 15) is 9.59 Å². The largest absolute Gasteiger partial charge is 0.352 e. The molecular formula is C21H21N3O2S2. The van der Waals surface area contributed by atoms with Crippen LogP contribution in [0.1, 0.15) is 46.9 Å². The molecule has 2 N–H and O–H groups in total. The van der Waals surface area contributed by atoms with Gasteiger partial charge in [0.2, 0.25) is 5.91 Å². The molecule has 7 heteroatoms. The molecule has 0 spiro atoms. The summed E-state index contributed by atoms with van der Waals surface area (Å²) < 4.78 is 0. The van der Waals surface area contributed by atoms with Crippen LogP contribution >= 0.6 is 23.1 Å². The van der Waals surface area contributed by atoms with Crippen molar-refractivity contribution >= 4 is 39.2 Å². The number of benzene rings is 1. The van der Waals surface area contributed by atoms with Gasteiger partial charge in [0.05, 0.1) is 5.39 Å². The van der Waals surface area contributed by atoms with E-state index in [0.29, 0.717) is 5.16 Å². The second-order valence-electron chi connectivity index (χ2n) is 7.45. The quantitative estimate of drug-likeness (QED) is 0.492. The maximum Gasteiger partial charge on any atom is 0.260 e. The summed E-state index contributed by atoms with van der Waals surface area (Å²) in [6.45, 7) is 0. The summed E-state index contributed by atoms with van der Waals surface area (Å²) in [6.07, 6.45) is 6.39. The molecule has 28 heavy (non-hydrogen) atoms. The fraction of sp³-hybridized carbons (Fsp3) is 0.381. The first-order chi connectivity index (χ1) is 13.7.